The molecule has 0 aliphatic rings. The Kier molecular flexibility index (Phi) is 4.00. The van der Waals surface area contributed by atoms with Crippen molar-refractivity contribution in [2.45, 2.75) is 0 Å². The monoisotopic (exact) mass is 369 g/mol. The van der Waals surface area contributed by atoms with Gasteiger partial charge in [-0.2, -0.15) is 5.26 Å². The molecule has 2 nitrogen and oxygen atoms in total. The predicted octanol–water partition coefficient (Wildman–Crippen LogP) is 5.01. The molecule has 0 atom stereocenters. The van der Waals surface area contributed by atoms with Gasteiger partial charge in [0.1, 0.15) is 23.4 Å². The molecule has 0 unspecified atom stereocenters. The molecule has 0 amide bonds. The maximum absolute atomic E-state index is 13.1. The number of hydrogen-bond acceptors (Lipinski definition) is 2. The van der Waals surface area contributed by atoms with E-state index in [0.29, 0.717) is 21.5 Å². The van der Waals surface area contributed by atoms with Gasteiger partial charge in [0, 0.05) is 4.47 Å². The Hall–Kier alpha value is -1.38. The summed E-state index contributed by atoms with van der Waals surface area (Å²) in [5, 5.41) is 8.97. The topological polar surface area (TPSA) is 33.0 Å². The second-order valence-corrected chi connectivity index (χ2v) is 5.20. The van der Waals surface area contributed by atoms with Crippen molar-refractivity contribution >= 4 is 31.9 Å². The van der Waals surface area contributed by atoms with Crippen LogP contribution < -0.4 is 4.74 Å². The summed E-state index contributed by atoms with van der Waals surface area (Å²) >= 11 is 6.39. The molecular formula is C13H6Br2FNO. The summed E-state index contributed by atoms with van der Waals surface area (Å²) in [4.78, 5) is 0. The van der Waals surface area contributed by atoms with Gasteiger partial charge in [0.05, 0.1) is 10.0 Å². The number of nitrogens with zero attached hydrogens (tertiary/aromatic N) is 1. The van der Waals surface area contributed by atoms with Gasteiger partial charge in [0.2, 0.25) is 0 Å². The first-order chi connectivity index (χ1) is 8.60. The van der Waals surface area contributed by atoms with E-state index in [0.717, 1.165) is 4.47 Å². The molecule has 0 aliphatic carbocycles. The molecule has 0 aromatic heterocycles. The van der Waals surface area contributed by atoms with Crippen LogP contribution in [0.5, 0.6) is 11.5 Å². The normalized spacial score (nSPS) is 9.89. The van der Waals surface area contributed by atoms with E-state index in [2.05, 4.69) is 31.9 Å². The summed E-state index contributed by atoms with van der Waals surface area (Å²) in [6.45, 7) is 0. The van der Waals surface area contributed by atoms with Crippen molar-refractivity contribution in [3.63, 3.8) is 0 Å². The zero-order chi connectivity index (χ0) is 13.1. The Bertz CT molecular complexity index is 637. The van der Waals surface area contributed by atoms with Crippen LogP contribution >= 0.6 is 31.9 Å². The van der Waals surface area contributed by atoms with Gasteiger partial charge < -0.3 is 4.74 Å². The Morgan fingerprint density at radius 2 is 1.89 bits per heavy atom. The first-order valence-electron chi connectivity index (χ1n) is 4.92. The summed E-state index contributed by atoms with van der Waals surface area (Å²) in [6.07, 6.45) is 0. The Morgan fingerprint density at radius 1 is 1.11 bits per heavy atom. The fraction of sp³-hybridized carbons (Fsp3) is 0. The van der Waals surface area contributed by atoms with Gasteiger partial charge in [0.25, 0.3) is 0 Å². The van der Waals surface area contributed by atoms with E-state index < -0.39 is 0 Å². The van der Waals surface area contributed by atoms with Crippen LogP contribution in [-0.4, -0.2) is 0 Å². The summed E-state index contributed by atoms with van der Waals surface area (Å²) in [5.74, 6) is 0.514. The lowest BCUT2D eigenvalue weighted by molar-refractivity contribution is 0.478. The second kappa shape index (κ2) is 5.51. The van der Waals surface area contributed by atoms with Crippen LogP contribution in [0.4, 0.5) is 4.39 Å². The molecule has 0 saturated heterocycles. The van der Waals surface area contributed by atoms with Crippen molar-refractivity contribution in [3.8, 4) is 17.6 Å². The van der Waals surface area contributed by atoms with E-state index in [9.17, 15) is 4.39 Å². The van der Waals surface area contributed by atoms with Gasteiger partial charge in [-0.3, -0.25) is 0 Å². The average molecular weight is 371 g/mol. The van der Waals surface area contributed by atoms with Crippen LogP contribution in [0.3, 0.4) is 0 Å². The zero-order valence-electron chi connectivity index (χ0n) is 8.95. The highest BCUT2D eigenvalue weighted by molar-refractivity contribution is 9.10. The minimum atomic E-state index is -0.364. The van der Waals surface area contributed by atoms with Crippen molar-refractivity contribution < 1.29 is 9.13 Å². The van der Waals surface area contributed by atoms with Crippen LogP contribution in [0.2, 0.25) is 0 Å². The third kappa shape index (κ3) is 2.89. The summed E-state index contributed by atoms with van der Waals surface area (Å²) in [5.41, 5.74) is 0.415. The van der Waals surface area contributed by atoms with Gasteiger partial charge in [-0.05, 0) is 52.3 Å². The van der Waals surface area contributed by atoms with Crippen LogP contribution in [0.15, 0.2) is 45.3 Å². The minimum absolute atomic E-state index is 0.313. The summed E-state index contributed by atoms with van der Waals surface area (Å²) in [6, 6.07) is 11.4. The Balaban J connectivity index is 2.36. The molecule has 18 heavy (non-hydrogen) atoms. The van der Waals surface area contributed by atoms with E-state index >= 15 is 0 Å². The first-order valence-corrected chi connectivity index (χ1v) is 6.51. The van der Waals surface area contributed by atoms with E-state index in [1.54, 1.807) is 18.2 Å². The SMILES string of the molecule is N#Cc1ccc(Br)cc1Oc1ccc(F)c(Br)c1. The van der Waals surface area contributed by atoms with Gasteiger partial charge in [-0.25, -0.2) is 4.39 Å². The zero-order valence-corrected chi connectivity index (χ0v) is 12.1. The van der Waals surface area contributed by atoms with Gasteiger partial charge in [-0.15, -0.1) is 0 Å². The quantitative estimate of drug-likeness (QED) is 0.743. The molecule has 0 heterocycles. The lowest BCUT2D eigenvalue weighted by Crippen LogP contribution is -1.89. The van der Waals surface area contributed by atoms with Crippen molar-refractivity contribution in [1.82, 2.24) is 0 Å². The molecule has 90 valence electrons. The molecule has 2 aromatic carbocycles. The molecule has 5 heteroatoms. The van der Waals surface area contributed by atoms with Crippen molar-refractivity contribution in [3.05, 3.63) is 56.7 Å². The molecule has 0 radical (unpaired) electrons. The van der Waals surface area contributed by atoms with Crippen molar-refractivity contribution in [2.75, 3.05) is 0 Å². The van der Waals surface area contributed by atoms with Gasteiger partial charge >= 0.3 is 0 Å². The molecular weight excluding hydrogens is 365 g/mol. The number of hydrogen-bond donors (Lipinski definition) is 0. The summed E-state index contributed by atoms with van der Waals surface area (Å²) < 4.78 is 19.8. The molecule has 0 N–H and O–H groups in total. The molecule has 0 bridgehead atoms. The third-order valence-corrected chi connectivity index (χ3v) is 3.28. The van der Waals surface area contributed by atoms with E-state index in [-0.39, 0.29) is 5.82 Å². The fourth-order valence-corrected chi connectivity index (χ4v) is 2.04. The lowest BCUT2D eigenvalue weighted by Gasteiger charge is -2.08. The van der Waals surface area contributed by atoms with E-state index in [1.165, 1.54) is 18.2 Å². The van der Waals surface area contributed by atoms with Crippen LogP contribution in [0, 0.1) is 17.1 Å². The largest absolute Gasteiger partial charge is 0.456 e. The predicted molar refractivity (Wildman–Crippen MR) is 73.0 cm³/mol. The second-order valence-electron chi connectivity index (χ2n) is 3.43. The van der Waals surface area contributed by atoms with Crippen LogP contribution in [-0.2, 0) is 0 Å². The Morgan fingerprint density at radius 3 is 2.56 bits per heavy atom. The van der Waals surface area contributed by atoms with E-state index in [1.807, 2.05) is 6.07 Å². The van der Waals surface area contributed by atoms with Crippen LogP contribution in [0.1, 0.15) is 5.56 Å². The standard InChI is InChI=1S/C13H6Br2FNO/c14-9-2-1-8(7-17)13(5-9)18-10-3-4-12(16)11(15)6-10/h1-6H. The molecule has 0 aliphatic heterocycles. The van der Waals surface area contributed by atoms with Gasteiger partial charge in [0.15, 0.2) is 0 Å². The molecule has 2 rings (SSSR count). The minimum Gasteiger partial charge on any atom is -0.456 e. The maximum atomic E-state index is 13.1. The smallest absolute Gasteiger partial charge is 0.146 e. The van der Waals surface area contributed by atoms with Crippen molar-refractivity contribution in [1.29, 1.82) is 5.26 Å². The highest BCUT2D eigenvalue weighted by Crippen LogP contribution is 2.30. The van der Waals surface area contributed by atoms with Gasteiger partial charge in [-0.1, -0.05) is 15.9 Å². The Labute approximate surface area is 120 Å². The number of nitriles is 1. The molecule has 2 aromatic rings. The molecule has 0 saturated carbocycles. The van der Waals surface area contributed by atoms with E-state index in [4.69, 9.17) is 10.00 Å². The number of halogens is 3. The number of benzene rings is 2. The fourth-order valence-electron chi connectivity index (χ4n) is 1.34. The number of ether oxygens (including phenoxy) is 1. The average Bonchev–Trinajstić information content (AvgIpc) is 2.34. The third-order valence-electron chi connectivity index (χ3n) is 2.18. The van der Waals surface area contributed by atoms with Crippen LogP contribution in [0.25, 0.3) is 0 Å². The lowest BCUT2D eigenvalue weighted by atomic mass is 10.2. The summed E-state index contributed by atoms with van der Waals surface area (Å²) in [7, 11) is 0. The first kappa shape index (κ1) is 13.1. The molecule has 0 spiro atoms. The highest BCUT2D eigenvalue weighted by atomic mass is 79.9. The maximum Gasteiger partial charge on any atom is 0.146 e. The number of rotatable bonds is 2. The van der Waals surface area contributed by atoms with Crippen molar-refractivity contribution in [2.24, 2.45) is 0 Å². The molecule has 0 fully saturated rings. The highest BCUT2D eigenvalue weighted by Gasteiger charge is 2.07.